The third-order valence-corrected chi connectivity index (χ3v) is 11.8. The van der Waals surface area contributed by atoms with Gasteiger partial charge < -0.3 is 19.7 Å². The van der Waals surface area contributed by atoms with Gasteiger partial charge in [-0.15, -0.1) is 0 Å². The Kier molecular flexibility index (Phi) is 5.88. The molecule has 0 aliphatic heterocycles. The van der Waals surface area contributed by atoms with Crippen molar-refractivity contribution in [1.82, 2.24) is 0 Å². The Morgan fingerprint density at radius 3 is 1.40 bits per heavy atom. The Hall–Kier alpha value is -2.01. The van der Waals surface area contributed by atoms with Crippen LogP contribution in [-0.2, 0) is 19.6 Å². The van der Waals surface area contributed by atoms with Crippen LogP contribution in [0.4, 0.5) is 0 Å². The highest BCUT2D eigenvalue weighted by molar-refractivity contribution is 7.85. The minimum atomic E-state index is -4.72. The molecule has 9 nitrogen and oxygen atoms in total. The van der Waals surface area contributed by atoms with Crippen molar-refractivity contribution in [3.05, 3.63) is 29.3 Å². The number of esters is 2. The minimum Gasteiger partial charge on any atom is -0.462 e. The molecular weight excluding hydrogens is 536 g/mol. The molecule has 10 heteroatoms. The van der Waals surface area contributed by atoms with Gasteiger partial charge in [-0.2, -0.15) is 8.42 Å². The molecule has 0 spiro atoms. The van der Waals surface area contributed by atoms with Crippen molar-refractivity contribution >= 4 is 22.1 Å². The first-order valence-corrected chi connectivity index (χ1v) is 16.1. The fraction of sp³-hybridized carbons (Fsp3) is 0.733. The number of carbonyl (C=O) groups is 2. The molecule has 0 amide bonds. The summed E-state index contributed by atoms with van der Waals surface area (Å²) in [5.74, 6) is 0.108. The summed E-state index contributed by atoms with van der Waals surface area (Å²) >= 11 is 0. The zero-order valence-electron chi connectivity index (χ0n) is 22.6. The van der Waals surface area contributed by atoms with Gasteiger partial charge in [-0.05, 0) is 119 Å². The maximum absolute atomic E-state index is 13.2. The summed E-state index contributed by atoms with van der Waals surface area (Å²) < 4.78 is 45.2. The molecule has 9 rings (SSSR count). The molecule has 8 saturated carbocycles. The number of rotatable bonds is 7. The number of benzene rings is 1. The van der Waals surface area contributed by atoms with Crippen LogP contribution in [0.2, 0.25) is 0 Å². The van der Waals surface area contributed by atoms with Gasteiger partial charge in [0.1, 0.15) is 0 Å². The van der Waals surface area contributed by atoms with Crippen LogP contribution in [0.5, 0.6) is 0 Å². The van der Waals surface area contributed by atoms with Crippen molar-refractivity contribution in [3.63, 3.8) is 0 Å². The fourth-order valence-electron chi connectivity index (χ4n) is 10.7. The van der Waals surface area contributed by atoms with Crippen LogP contribution in [0.3, 0.4) is 0 Å². The van der Waals surface area contributed by atoms with E-state index in [0.717, 1.165) is 76.3 Å². The van der Waals surface area contributed by atoms with E-state index in [-0.39, 0.29) is 35.2 Å². The van der Waals surface area contributed by atoms with Gasteiger partial charge in [-0.25, -0.2) is 9.59 Å². The highest BCUT2D eigenvalue weighted by atomic mass is 32.2. The van der Waals surface area contributed by atoms with Crippen molar-refractivity contribution in [1.29, 1.82) is 0 Å². The molecule has 0 heterocycles. The van der Waals surface area contributed by atoms with Crippen LogP contribution in [-0.4, -0.2) is 59.5 Å². The molecule has 0 unspecified atom stereocenters. The van der Waals surface area contributed by atoms with Crippen molar-refractivity contribution in [2.24, 2.45) is 34.5 Å². The van der Waals surface area contributed by atoms with Crippen molar-refractivity contribution in [2.75, 3.05) is 13.2 Å². The van der Waals surface area contributed by atoms with Gasteiger partial charge in [0, 0.05) is 10.8 Å². The van der Waals surface area contributed by atoms with E-state index in [1.54, 1.807) is 0 Å². The summed E-state index contributed by atoms with van der Waals surface area (Å²) in [5.41, 5.74) is -2.31. The predicted octanol–water partition coefficient (Wildman–Crippen LogP) is 3.91. The molecule has 0 aromatic heterocycles. The van der Waals surface area contributed by atoms with Crippen molar-refractivity contribution < 1.29 is 42.2 Å². The Morgan fingerprint density at radius 2 is 1.07 bits per heavy atom. The minimum absolute atomic E-state index is 0.116. The van der Waals surface area contributed by atoms with Gasteiger partial charge in [-0.3, -0.25) is 4.55 Å². The molecule has 8 aliphatic carbocycles. The van der Waals surface area contributed by atoms with E-state index in [4.69, 9.17) is 9.47 Å². The highest BCUT2D eigenvalue weighted by Gasteiger charge is 2.58. The fourth-order valence-corrected chi connectivity index (χ4v) is 11.3. The zero-order valence-corrected chi connectivity index (χ0v) is 23.5. The maximum Gasteiger partial charge on any atom is 0.338 e. The number of carbonyl (C=O) groups excluding carboxylic acids is 2. The predicted molar refractivity (Wildman–Crippen MR) is 141 cm³/mol. The monoisotopic (exact) mass is 574 g/mol. The zero-order chi connectivity index (χ0) is 28.1. The molecule has 8 aliphatic rings. The van der Waals surface area contributed by atoms with Gasteiger partial charge in [0.05, 0.1) is 40.4 Å². The Morgan fingerprint density at radius 1 is 0.700 bits per heavy atom. The van der Waals surface area contributed by atoms with E-state index in [2.05, 4.69) is 0 Å². The molecule has 1 aromatic rings. The Bertz CT molecular complexity index is 1250. The van der Waals surface area contributed by atoms with Crippen LogP contribution in [0.25, 0.3) is 0 Å². The first-order valence-electron chi connectivity index (χ1n) is 14.6. The third-order valence-electron chi connectivity index (χ3n) is 11.0. The lowest BCUT2D eigenvalue weighted by Gasteiger charge is -2.59. The second-order valence-corrected chi connectivity index (χ2v) is 16.2. The number of hydrogen-bond donors (Lipinski definition) is 3. The summed E-state index contributed by atoms with van der Waals surface area (Å²) in [5, 5.41) is 22.0. The molecule has 40 heavy (non-hydrogen) atoms. The second-order valence-electron chi connectivity index (χ2n) is 14.7. The average Bonchev–Trinajstić information content (AvgIpc) is 2.82. The molecule has 0 saturated heterocycles. The van der Waals surface area contributed by atoms with E-state index in [0.29, 0.717) is 36.5 Å². The first-order chi connectivity index (χ1) is 18.7. The van der Waals surface area contributed by atoms with Crippen LogP contribution >= 0.6 is 0 Å². The SMILES string of the molecule is O=C(OC[C@]12C[C@@H]3C[C@@H](C[C@@](O)(C3)C1)C2)c1cc(C(=O)OC[C@]23C[C@@H]4C[C@@H](C[C@@](O)(C4)C2)C3)cc(S(=O)(=O)O)c1. The molecule has 218 valence electrons. The number of hydrogen-bond acceptors (Lipinski definition) is 8. The van der Waals surface area contributed by atoms with Crippen molar-refractivity contribution in [3.8, 4) is 0 Å². The van der Waals surface area contributed by atoms with E-state index >= 15 is 0 Å². The van der Waals surface area contributed by atoms with Gasteiger partial charge in [0.15, 0.2) is 0 Å². The summed E-state index contributed by atoms with van der Waals surface area (Å²) in [7, 11) is -4.72. The Balaban J connectivity index is 1.07. The topological polar surface area (TPSA) is 147 Å². The van der Waals surface area contributed by atoms with Crippen molar-refractivity contribution in [2.45, 2.75) is 93.1 Å². The second kappa shape index (κ2) is 8.75. The summed E-state index contributed by atoms with van der Waals surface area (Å²) in [6.07, 6.45) is 10.1. The molecule has 8 atom stereocenters. The standard InChI is InChI=1S/C30H38O9S/c31-25(38-16-27-6-18-1-19(7-27)11-29(33,10-18)14-27)22-3-23(5-24(4-22)40(35,36)37)26(32)39-17-28-8-20-2-21(9-28)13-30(34,12-20)15-28/h3-5,18-21,33-34H,1-2,6-17H2,(H,35,36,37)/t18-,19+,20-,21+,27-,28-,29-,30-. The van der Waals surface area contributed by atoms with Crippen LogP contribution in [0, 0.1) is 34.5 Å². The molecule has 1 aromatic carbocycles. The van der Waals surface area contributed by atoms with Gasteiger partial charge in [0.2, 0.25) is 0 Å². The quantitative estimate of drug-likeness (QED) is 0.326. The van der Waals surface area contributed by atoms with Crippen LogP contribution < -0.4 is 0 Å². The summed E-state index contributed by atoms with van der Waals surface area (Å²) in [4.78, 5) is 25.7. The lowest BCUT2D eigenvalue weighted by Crippen LogP contribution is -2.57. The molecule has 8 fully saturated rings. The first kappa shape index (κ1) is 26.9. The summed E-state index contributed by atoms with van der Waals surface area (Å²) in [6.45, 7) is 0.232. The van der Waals surface area contributed by atoms with E-state index in [9.17, 15) is 32.8 Å². The smallest absolute Gasteiger partial charge is 0.338 e. The molecule has 8 bridgehead atoms. The van der Waals surface area contributed by atoms with E-state index < -0.39 is 38.2 Å². The lowest BCUT2D eigenvalue weighted by molar-refractivity contribution is -0.175. The van der Waals surface area contributed by atoms with Gasteiger partial charge in [0.25, 0.3) is 10.1 Å². The Labute approximate surface area is 234 Å². The molecule has 3 N–H and O–H groups in total. The number of aliphatic hydroxyl groups is 2. The largest absolute Gasteiger partial charge is 0.462 e. The summed E-state index contributed by atoms with van der Waals surface area (Å²) in [6, 6.07) is 3.27. The normalized spacial score (nSPS) is 42.7. The molecular formula is C30H38O9S. The lowest BCUT2D eigenvalue weighted by atomic mass is 9.48. The third kappa shape index (κ3) is 4.78. The van der Waals surface area contributed by atoms with Gasteiger partial charge >= 0.3 is 11.9 Å². The number of ether oxygens (including phenoxy) is 2. The van der Waals surface area contributed by atoms with Crippen LogP contribution in [0.15, 0.2) is 23.1 Å². The van der Waals surface area contributed by atoms with Crippen LogP contribution in [0.1, 0.15) is 97.8 Å². The molecule has 0 radical (unpaired) electrons. The average molecular weight is 575 g/mol. The maximum atomic E-state index is 13.2. The van der Waals surface area contributed by atoms with E-state index in [1.807, 2.05) is 0 Å². The van der Waals surface area contributed by atoms with Gasteiger partial charge in [-0.1, -0.05) is 0 Å². The highest BCUT2D eigenvalue weighted by Crippen LogP contribution is 2.62. The van der Waals surface area contributed by atoms with E-state index in [1.165, 1.54) is 6.07 Å².